The van der Waals surface area contributed by atoms with Crippen molar-refractivity contribution >= 4 is 17.3 Å². The Morgan fingerprint density at radius 3 is 2.28 bits per heavy atom. The molecule has 2 saturated heterocycles. The average molecular weight is 442 g/mol. The summed E-state index contributed by atoms with van der Waals surface area (Å²) in [6.07, 6.45) is 7.18. The second kappa shape index (κ2) is 9.77. The summed E-state index contributed by atoms with van der Waals surface area (Å²) in [4.78, 5) is 9.74. The lowest BCUT2D eigenvalue weighted by Gasteiger charge is -2.30. The third kappa shape index (κ3) is 4.99. The zero-order chi connectivity index (χ0) is 21.8. The first-order valence-electron chi connectivity index (χ1n) is 11.6. The first-order chi connectivity index (χ1) is 15.7. The Morgan fingerprint density at radius 1 is 0.812 bits per heavy atom. The predicted molar refractivity (Wildman–Crippen MR) is 133 cm³/mol. The van der Waals surface area contributed by atoms with Crippen molar-refractivity contribution in [3.05, 3.63) is 83.1 Å². The van der Waals surface area contributed by atoms with E-state index in [2.05, 4.69) is 57.0 Å². The Morgan fingerprint density at radius 2 is 1.56 bits per heavy atom. The van der Waals surface area contributed by atoms with Crippen molar-refractivity contribution in [2.24, 2.45) is 0 Å². The lowest BCUT2D eigenvalue weighted by Crippen LogP contribution is -2.39. The fourth-order valence-electron chi connectivity index (χ4n) is 4.78. The van der Waals surface area contributed by atoms with Crippen LogP contribution in [0.2, 0.25) is 5.02 Å². The van der Waals surface area contributed by atoms with Gasteiger partial charge >= 0.3 is 0 Å². The molecule has 0 radical (unpaired) electrons. The average Bonchev–Trinajstić information content (AvgIpc) is 3.52. The topological polar surface area (TPSA) is 19.4 Å². The van der Waals surface area contributed by atoms with Gasteiger partial charge in [0, 0.05) is 47.2 Å². The highest BCUT2D eigenvalue weighted by Crippen LogP contribution is 2.27. The van der Waals surface area contributed by atoms with Gasteiger partial charge in [0.1, 0.15) is 5.69 Å². The maximum atomic E-state index is 5.97. The minimum Gasteiger partial charge on any atom is -0.367 e. The van der Waals surface area contributed by atoms with Gasteiger partial charge in [-0.05, 0) is 92.7 Å². The lowest BCUT2D eigenvalue weighted by atomic mass is 10.1. The van der Waals surface area contributed by atoms with Crippen LogP contribution in [0.1, 0.15) is 36.9 Å². The van der Waals surface area contributed by atoms with Gasteiger partial charge in [-0.25, -0.2) is 4.98 Å². The molecule has 0 aliphatic carbocycles. The smallest absolute Gasteiger partial charge is 0.113 e. The Balaban J connectivity index is 1.24. The molecule has 2 aromatic carbocycles. The van der Waals surface area contributed by atoms with Gasteiger partial charge in [-0.3, -0.25) is 0 Å². The highest BCUT2D eigenvalue weighted by atomic mass is 35.5. The van der Waals surface area contributed by atoms with Gasteiger partial charge in [0.2, 0.25) is 0 Å². The van der Waals surface area contributed by atoms with Gasteiger partial charge in [0.15, 0.2) is 0 Å². The number of rotatable bonds is 4. The van der Waals surface area contributed by atoms with Crippen LogP contribution in [0.25, 0.3) is 11.1 Å². The van der Waals surface area contributed by atoms with Crippen LogP contribution in [-0.2, 0) is 0 Å². The summed E-state index contributed by atoms with van der Waals surface area (Å²) in [5.74, 6) is 6.45. The van der Waals surface area contributed by atoms with E-state index in [0.29, 0.717) is 6.04 Å². The summed E-state index contributed by atoms with van der Waals surface area (Å²) in [5.41, 5.74) is 5.28. The second-order valence-electron chi connectivity index (χ2n) is 8.73. The van der Waals surface area contributed by atoms with E-state index in [1.807, 2.05) is 36.5 Å². The fraction of sp³-hybridized carbons (Fsp3) is 0.321. The zero-order valence-corrected chi connectivity index (χ0v) is 19.1. The number of nitrogens with zero attached hydrogens (tertiary/aromatic N) is 3. The normalized spacial score (nSPS) is 18.5. The van der Waals surface area contributed by atoms with Crippen LogP contribution in [-0.4, -0.2) is 42.1 Å². The van der Waals surface area contributed by atoms with Crippen LogP contribution < -0.4 is 4.90 Å². The fourth-order valence-corrected chi connectivity index (χ4v) is 4.91. The highest BCUT2D eigenvalue weighted by molar-refractivity contribution is 6.30. The molecule has 2 aliphatic heterocycles. The Kier molecular flexibility index (Phi) is 6.44. The molecule has 162 valence electrons. The molecule has 1 atom stereocenters. The molecule has 0 unspecified atom stereocenters. The van der Waals surface area contributed by atoms with E-state index < -0.39 is 0 Å². The van der Waals surface area contributed by atoms with E-state index in [4.69, 9.17) is 11.6 Å². The monoisotopic (exact) mass is 441 g/mol. The van der Waals surface area contributed by atoms with Crippen LogP contribution in [0.15, 0.2) is 66.9 Å². The van der Waals surface area contributed by atoms with E-state index in [1.54, 1.807) is 0 Å². The summed E-state index contributed by atoms with van der Waals surface area (Å²) in [5, 5.41) is 0.738. The number of aromatic nitrogens is 1. The van der Waals surface area contributed by atoms with Crippen molar-refractivity contribution in [2.75, 3.05) is 31.1 Å². The molecule has 32 heavy (non-hydrogen) atoms. The molecule has 0 spiro atoms. The molecule has 3 aromatic rings. The Hall–Kier alpha value is -2.80. The minimum absolute atomic E-state index is 0.647. The predicted octanol–water partition coefficient (Wildman–Crippen LogP) is 5.87. The quantitative estimate of drug-likeness (QED) is 0.472. The van der Waals surface area contributed by atoms with E-state index in [0.717, 1.165) is 34.0 Å². The van der Waals surface area contributed by atoms with Crippen LogP contribution in [0.4, 0.5) is 5.69 Å². The zero-order valence-electron chi connectivity index (χ0n) is 18.3. The van der Waals surface area contributed by atoms with Crippen LogP contribution in [0.3, 0.4) is 0 Å². The van der Waals surface area contributed by atoms with Gasteiger partial charge in [-0.15, -0.1) is 0 Å². The molecule has 0 saturated carbocycles. The number of anilines is 1. The maximum absolute atomic E-state index is 5.97. The molecule has 2 aliphatic rings. The standard InChI is InChI=1S/C28H28ClN3/c29-25-11-8-23(9-12-25)24-10-14-26(30-20-24)13-5-22-6-15-27(16-7-22)32-19-3-4-28(32)21-31-17-1-2-18-31/h6-12,14-16,20,28H,1-4,17-19,21H2/t28-/m0/s1. The molecule has 3 heterocycles. The van der Waals surface area contributed by atoms with Gasteiger partial charge in [0.05, 0.1) is 0 Å². The molecule has 0 amide bonds. The molecule has 4 heteroatoms. The summed E-state index contributed by atoms with van der Waals surface area (Å²) in [7, 11) is 0. The van der Waals surface area contributed by atoms with Crippen molar-refractivity contribution < 1.29 is 0 Å². The number of likely N-dealkylation sites (tertiary alicyclic amines) is 1. The number of halogens is 1. The molecule has 0 bridgehead atoms. The van der Waals surface area contributed by atoms with E-state index in [-0.39, 0.29) is 0 Å². The first-order valence-corrected chi connectivity index (χ1v) is 12.0. The highest BCUT2D eigenvalue weighted by Gasteiger charge is 2.27. The SMILES string of the molecule is Clc1ccc(-c2ccc(C#Cc3ccc(N4CCC[C@H]4CN4CCCC4)cc3)nc2)cc1. The van der Waals surface area contributed by atoms with Crippen LogP contribution in [0.5, 0.6) is 0 Å². The summed E-state index contributed by atoms with van der Waals surface area (Å²) >= 11 is 5.97. The third-order valence-electron chi connectivity index (χ3n) is 6.52. The molecular weight excluding hydrogens is 414 g/mol. The van der Waals surface area contributed by atoms with Crippen molar-refractivity contribution in [3.8, 4) is 23.0 Å². The number of pyridine rings is 1. The third-order valence-corrected chi connectivity index (χ3v) is 6.77. The minimum atomic E-state index is 0.647. The molecule has 1 aromatic heterocycles. The summed E-state index contributed by atoms with van der Waals surface area (Å²) < 4.78 is 0. The van der Waals surface area contributed by atoms with Crippen molar-refractivity contribution in [1.29, 1.82) is 0 Å². The van der Waals surface area contributed by atoms with Gasteiger partial charge < -0.3 is 9.80 Å². The largest absolute Gasteiger partial charge is 0.367 e. The Labute approximate surface area is 196 Å². The number of benzene rings is 2. The van der Waals surface area contributed by atoms with Crippen LogP contribution in [0, 0.1) is 11.8 Å². The maximum Gasteiger partial charge on any atom is 0.113 e. The molecule has 2 fully saturated rings. The first kappa shape index (κ1) is 21.1. The van der Waals surface area contributed by atoms with Crippen LogP contribution >= 0.6 is 11.6 Å². The van der Waals surface area contributed by atoms with Crippen molar-refractivity contribution in [2.45, 2.75) is 31.7 Å². The Bertz CT molecular complexity index is 1090. The number of hydrogen-bond donors (Lipinski definition) is 0. The summed E-state index contributed by atoms with van der Waals surface area (Å²) in [6.45, 7) is 4.91. The van der Waals surface area contributed by atoms with Gasteiger partial charge in [-0.2, -0.15) is 0 Å². The van der Waals surface area contributed by atoms with Gasteiger partial charge in [-0.1, -0.05) is 35.7 Å². The second-order valence-corrected chi connectivity index (χ2v) is 9.17. The number of hydrogen-bond acceptors (Lipinski definition) is 3. The van der Waals surface area contributed by atoms with E-state index in [9.17, 15) is 0 Å². The molecule has 3 nitrogen and oxygen atoms in total. The van der Waals surface area contributed by atoms with E-state index in [1.165, 1.54) is 51.0 Å². The van der Waals surface area contributed by atoms with E-state index >= 15 is 0 Å². The van der Waals surface area contributed by atoms with Gasteiger partial charge in [0.25, 0.3) is 0 Å². The molecule has 5 rings (SSSR count). The molecule has 0 N–H and O–H groups in total. The molecular formula is C28H28ClN3. The van der Waals surface area contributed by atoms with Crippen molar-refractivity contribution in [1.82, 2.24) is 9.88 Å². The lowest BCUT2D eigenvalue weighted by molar-refractivity contribution is 0.314. The summed E-state index contributed by atoms with van der Waals surface area (Å²) in [6, 6.07) is 21.2. The van der Waals surface area contributed by atoms with Crippen molar-refractivity contribution in [3.63, 3.8) is 0 Å².